The van der Waals surface area contributed by atoms with Gasteiger partial charge in [-0.2, -0.15) is 13.2 Å². The molecule has 0 heterocycles. The van der Waals surface area contributed by atoms with Crippen molar-refractivity contribution < 1.29 is 22.7 Å². The van der Waals surface area contributed by atoms with Crippen LogP contribution in [0.1, 0.15) is 38.3 Å². The Morgan fingerprint density at radius 1 is 1.27 bits per heavy atom. The van der Waals surface area contributed by atoms with Gasteiger partial charge in [0, 0.05) is 19.5 Å². The number of nitrogens with two attached hydrogens (primary N) is 1. The van der Waals surface area contributed by atoms with Crippen LogP contribution in [0.5, 0.6) is 5.75 Å². The Bertz CT molecular complexity index is 522. The van der Waals surface area contributed by atoms with Gasteiger partial charge >= 0.3 is 6.18 Å². The number of ether oxygens (including phenoxy) is 1. The Morgan fingerprint density at radius 3 is 2.41 bits per heavy atom. The molecule has 0 saturated heterocycles. The molecule has 0 radical (unpaired) electrons. The zero-order valence-electron chi connectivity index (χ0n) is 12.9. The lowest BCUT2D eigenvalue weighted by Gasteiger charge is -2.23. The van der Waals surface area contributed by atoms with E-state index >= 15 is 0 Å². The van der Waals surface area contributed by atoms with E-state index in [0.29, 0.717) is 0 Å². The van der Waals surface area contributed by atoms with E-state index in [9.17, 15) is 18.0 Å². The Morgan fingerprint density at radius 2 is 1.91 bits per heavy atom. The fourth-order valence-corrected chi connectivity index (χ4v) is 1.80. The number of halogens is 3. The van der Waals surface area contributed by atoms with Gasteiger partial charge in [0.05, 0.1) is 5.56 Å². The van der Waals surface area contributed by atoms with Crippen molar-refractivity contribution in [3.63, 3.8) is 0 Å². The van der Waals surface area contributed by atoms with Crippen LogP contribution >= 0.6 is 0 Å². The van der Waals surface area contributed by atoms with Crippen molar-refractivity contribution in [3.05, 3.63) is 29.3 Å². The second-order valence-corrected chi connectivity index (χ2v) is 5.85. The van der Waals surface area contributed by atoms with Crippen LogP contribution in [-0.2, 0) is 17.5 Å². The van der Waals surface area contributed by atoms with Crippen molar-refractivity contribution in [2.24, 2.45) is 5.73 Å². The van der Waals surface area contributed by atoms with Crippen LogP contribution in [0.3, 0.4) is 0 Å². The summed E-state index contributed by atoms with van der Waals surface area (Å²) >= 11 is 0. The smallest absolute Gasteiger partial charge is 0.416 e. The second-order valence-electron chi connectivity index (χ2n) is 5.85. The fourth-order valence-electron chi connectivity index (χ4n) is 1.80. The molecular formula is C15H21F3N2O2. The van der Waals surface area contributed by atoms with Crippen LogP contribution in [-0.4, -0.2) is 18.1 Å². The van der Waals surface area contributed by atoms with Gasteiger partial charge in [-0.25, -0.2) is 0 Å². The van der Waals surface area contributed by atoms with Gasteiger partial charge in [-0.3, -0.25) is 4.79 Å². The number of benzene rings is 1. The van der Waals surface area contributed by atoms with Crippen molar-refractivity contribution in [3.8, 4) is 5.75 Å². The molecule has 0 spiro atoms. The first kappa shape index (κ1) is 18.3. The summed E-state index contributed by atoms with van der Waals surface area (Å²) in [6, 6.07) is 3.73. The third-order valence-electron chi connectivity index (χ3n) is 2.66. The molecule has 4 nitrogen and oxygen atoms in total. The van der Waals surface area contributed by atoms with Gasteiger partial charge in [-0.1, -0.05) is 6.07 Å². The minimum absolute atomic E-state index is 0.0147. The van der Waals surface area contributed by atoms with E-state index in [0.717, 1.165) is 6.07 Å². The first-order valence-electron chi connectivity index (χ1n) is 6.89. The molecule has 0 atom stereocenters. The molecule has 0 aliphatic heterocycles. The van der Waals surface area contributed by atoms with Gasteiger partial charge < -0.3 is 15.8 Å². The summed E-state index contributed by atoms with van der Waals surface area (Å²) in [6.45, 7) is 5.20. The molecule has 124 valence electrons. The lowest BCUT2D eigenvalue weighted by molar-refractivity contribution is -0.138. The Balaban J connectivity index is 2.99. The Labute approximate surface area is 127 Å². The van der Waals surface area contributed by atoms with Gasteiger partial charge in [-0.15, -0.1) is 0 Å². The molecule has 0 aliphatic rings. The first-order chi connectivity index (χ1) is 10.0. The summed E-state index contributed by atoms with van der Waals surface area (Å²) < 4.78 is 44.9. The minimum Gasteiger partial charge on any atom is -0.488 e. The predicted octanol–water partition coefficient (Wildman–Crippen LogP) is 2.85. The molecule has 3 N–H and O–H groups in total. The molecule has 0 unspecified atom stereocenters. The van der Waals surface area contributed by atoms with Gasteiger partial charge in [0.1, 0.15) is 11.4 Å². The molecule has 0 bridgehead atoms. The molecule has 22 heavy (non-hydrogen) atoms. The molecule has 1 aromatic rings. The maximum atomic E-state index is 13.1. The number of hydrogen-bond donors (Lipinski definition) is 2. The quantitative estimate of drug-likeness (QED) is 0.877. The molecule has 1 rings (SSSR count). The van der Waals surface area contributed by atoms with Crippen molar-refractivity contribution in [2.45, 2.75) is 45.5 Å². The third-order valence-corrected chi connectivity index (χ3v) is 2.66. The molecule has 0 fully saturated rings. The standard InChI is InChI=1S/C15H21F3N2O2/c1-14(2,3)22-11-5-4-10(9-20-13(21)6-7-19)12(8-11)15(16,17)18/h4-5,8H,6-7,9,19H2,1-3H3,(H,20,21). The van der Waals surface area contributed by atoms with E-state index in [-0.39, 0.29) is 36.7 Å². The summed E-state index contributed by atoms with van der Waals surface area (Å²) in [5.74, 6) is -0.248. The highest BCUT2D eigenvalue weighted by Crippen LogP contribution is 2.35. The van der Waals surface area contributed by atoms with Crippen molar-refractivity contribution in [1.82, 2.24) is 5.32 Å². The summed E-state index contributed by atoms with van der Waals surface area (Å²) in [7, 11) is 0. The highest BCUT2D eigenvalue weighted by molar-refractivity contribution is 5.76. The van der Waals surface area contributed by atoms with Crippen LogP contribution in [0.25, 0.3) is 0 Å². The van der Waals surface area contributed by atoms with Crippen molar-refractivity contribution in [1.29, 1.82) is 0 Å². The first-order valence-corrected chi connectivity index (χ1v) is 6.89. The lowest BCUT2D eigenvalue weighted by Crippen LogP contribution is -2.26. The molecule has 0 aliphatic carbocycles. The van der Waals surface area contributed by atoms with E-state index in [1.54, 1.807) is 20.8 Å². The molecular weight excluding hydrogens is 297 g/mol. The number of rotatable bonds is 5. The van der Waals surface area contributed by atoms with Gasteiger partial charge in [0.15, 0.2) is 0 Å². The predicted molar refractivity (Wildman–Crippen MR) is 77.3 cm³/mol. The van der Waals surface area contributed by atoms with Crippen LogP contribution in [0, 0.1) is 0 Å². The van der Waals surface area contributed by atoms with Crippen LogP contribution in [0.2, 0.25) is 0 Å². The van der Waals surface area contributed by atoms with Crippen molar-refractivity contribution >= 4 is 5.91 Å². The SMILES string of the molecule is CC(C)(C)Oc1ccc(CNC(=O)CCN)c(C(F)(F)F)c1. The summed E-state index contributed by atoms with van der Waals surface area (Å²) in [6.07, 6.45) is -4.45. The normalized spacial score (nSPS) is 12.1. The number of carbonyl (C=O) groups excluding carboxylic acids is 1. The van der Waals surface area contributed by atoms with Crippen LogP contribution in [0.4, 0.5) is 13.2 Å². The summed E-state index contributed by atoms with van der Waals surface area (Å²) in [5, 5.41) is 2.42. The topological polar surface area (TPSA) is 64.3 Å². The number of carbonyl (C=O) groups is 1. The van der Waals surface area contributed by atoms with E-state index in [4.69, 9.17) is 10.5 Å². The monoisotopic (exact) mass is 318 g/mol. The number of amides is 1. The highest BCUT2D eigenvalue weighted by atomic mass is 19.4. The van der Waals surface area contributed by atoms with Crippen LogP contribution in [0.15, 0.2) is 18.2 Å². The Kier molecular flexibility index (Phi) is 5.82. The summed E-state index contributed by atoms with van der Waals surface area (Å²) in [5.41, 5.74) is 3.79. The molecule has 0 aromatic heterocycles. The maximum absolute atomic E-state index is 13.1. The van der Waals surface area contributed by atoms with E-state index in [1.807, 2.05) is 0 Å². The molecule has 1 amide bonds. The number of hydrogen-bond acceptors (Lipinski definition) is 3. The Hall–Kier alpha value is -1.76. The maximum Gasteiger partial charge on any atom is 0.416 e. The fraction of sp³-hybridized carbons (Fsp3) is 0.533. The zero-order chi connectivity index (χ0) is 17.0. The van der Waals surface area contributed by atoms with Gasteiger partial charge in [0.25, 0.3) is 0 Å². The summed E-state index contributed by atoms with van der Waals surface area (Å²) in [4.78, 5) is 11.3. The van der Waals surface area contributed by atoms with Gasteiger partial charge in [0.2, 0.25) is 5.91 Å². The second kappa shape index (κ2) is 7.00. The lowest BCUT2D eigenvalue weighted by atomic mass is 10.1. The number of nitrogens with one attached hydrogen (secondary N) is 1. The average molecular weight is 318 g/mol. The largest absolute Gasteiger partial charge is 0.488 e. The average Bonchev–Trinajstić information content (AvgIpc) is 2.34. The van der Waals surface area contributed by atoms with E-state index in [2.05, 4.69) is 5.32 Å². The molecule has 0 saturated carbocycles. The number of alkyl halides is 3. The minimum atomic E-state index is -4.52. The van der Waals surface area contributed by atoms with Crippen LogP contribution < -0.4 is 15.8 Å². The highest BCUT2D eigenvalue weighted by Gasteiger charge is 2.34. The third kappa shape index (κ3) is 5.93. The van der Waals surface area contributed by atoms with E-state index in [1.165, 1.54) is 12.1 Å². The molecule has 1 aromatic carbocycles. The molecule has 7 heteroatoms. The van der Waals surface area contributed by atoms with E-state index < -0.39 is 17.3 Å². The zero-order valence-corrected chi connectivity index (χ0v) is 12.9. The van der Waals surface area contributed by atoms with Crippen molar-refractivity contribution in [2.75, 3.05) is 6.54 Å². The van der Waals surface area contributed by atoms with Gasteiger partial charge in [-0.05, 0) is 38.5 Å².